The van der Waals surface area contributed by atoms with E-state index in [9.17, 15) is 13.2 Å². The third kappa shape index (κ3) is 3.33. The molecule has 0 bridgehead atoms. The van der Waals surface area contributed by atoms with E-state index in [1.54, 1.807) is 4.90 Å². The Kier molecular flexibility index (Phi) is 4.21. The molecule has 1 saturated heterocycles. The molecule has 2 N–H and O–H groups in total. The molecule has 1 aliphatic heterocycles. The van der Waals surface area contributed by atoms with Crippen LogP contribution in [0.15, 0.2) is 30.3 Å². The Bertz CT molecular complexity index is 528. The Morgan fingerprint density at radius 1 is 1.21 bits per heavy atom. The van der Waals surface area contributed by atoms with E-state index in [0.29, 0.717) is 0 Å². The van der Waals surface area contributed by atoms with Crippen LogP contribution >= 0.6 is 0 Å². The molecule has 0 aromatic heterocycles. The third-order valence-corrected chi connectivity index (χ3v) is 5.00. The summed E-state index contributed by atoms with van der Waals surface area (Å²) in [5, 5.41) is 0. The SMILES string of the molecule is NC[C@H](C(=O)N1CCS(=O)(=O)CC1)c1ccccc1. The first-order chi connectivity index (χ1) is 9.03. The van der Waals surface area contributed by atoms with Crippen LogP contribution in [0.1, 0.15) is 11.5 Å². The number of nitrogens with zero attached hydrogens (tertiary/aromatic N) is 1. The summed E-state index contributed by atoms with van der Waals surface area (Å²) in [6.45, 7) is 0.765. The second-order valence-corrected chi connectivity index (χ2v) is 6.98. The molecular weight excluding hydrogens is 264 g/mol. The highest BCUT2D eigenvalue weighted by molar-refractivity contribution is 7.91. The van der Waals surface area contributed by atoms with Crippen LogP contribution in [0.3, 0.4) is 0 Å². The standard InChI is InChI=1S/C13H18N2O3S/c14-10-12(11-4-2-1-3-5-11)13(16)15-6-8-19(17,18)9-7-15/h1-5,12H,6-10,14H2/t12-/m0/s1. The van der Waals surface area contributed by atoms with Gasteiger partial charge in [0.05, 0.1) is 17.4 Å². The van der Waals surface area contributed by atoms with Gasteiger partial charge in [-0.3, -0.25) is 4.79 Å². The lowest BCUT2D eigenvalue weighted by molar-refractivity contribution is -0.132. The topological polar surface area (TPSA) is 80.5 Å². The molecule has 0 aliphatic carbocycles. The second kappa shape index (κ2) is 5.71. The molecule has 0 spiro atoms. The average molecular weight is 282 g/mol. The Morgan fingerprint density at radius 2 is 1.79 bits per heavy atom. The highest BCUT2D eigenvalue weighted by Crippen LogP contribution is 2.18. The number of rotatable bonds is 3. The molecule has 104 valence electrons. The molecule has 1 amide bonds. The Balaban J connectivity index is 2.10. The van der Waals surface area contributed by atoms with E-state index in [1.807, 2.05) is 30.3 Å². The van der Waals surface area contributed by atoms with Gasteiger partial charge in [-0.05, 0) is 5.56 Å². The third-order valence-electron chi connectivity index (χ3n) is 3.39. The monoisotopic (exact) mass is 282 g/mol. The van der Waals surface area contributed by atoms with Crippen molar-refractivity contribution in [2.45, 2.75) is 5.92 Å². The lowest BCUT2D eigenvalue weighted by Gasteiger charge is -2.30. The van der Waals surface area contributed by atoms with Gasteiger partial charge in [0.2, 0.25) is 5.91 Å². The average Bonchev–Trinajstić information content (AvgIpc) is 2.40. The van der Waals surface area contributed by atoms with Gasteiger partial charge in [-0.25, -0.2) is 8.42 Å². The zero-order chi connectivity index (χ0) is 13.9. The first kappa shape index (κ1) is 14.0. The van der Waals surface area contributed by atoms with E-state index in [2.05, 4.69) is 0 Å². The van der Waals surface area contributed by atoms with Crippen molar-refractivity contribution in [1.29, 1.82) is 0 Å². The molecule has 0 saturated carbocycles. The van der Waals surface area contributed by atoms with Gasteiger partial charge in [-0.1, -0.05) is 30.3 Å². The lowest BCUT2D eigenvalue weighted by Crippen LogP contribution is -2.46. The fourth-order valence-corrected chi connectivity index (χ4v) is 3.42. The fraction of sp³-hybridized carbons (Fsp3) is 0.462. The second-order valence-electron chi connectivity index (χ2n) is 4.68. The van der Waals surface area contributed by atoms with E-state index in [0.717, 1.165) is 5.56 Å². The highest BCUT2D eigenvalue weighted by Gasteiger charge is 2.29. The van der Waals surface area contributed by atoms with Crippen LogP contribution in [0, 0.1) is 0 Å². The molecule has 1 heterocycles. The molecule has 2 rings (SSSR count). The molecule has 19 heavy (non-hydrogen) atoms. The van der Waals surface area contributed by atoms with E-state index in [4.69, 9.17) is 5.73 Å². The van der Waals surface area contributed by atoms with Gasteiger partial charge in [0.1, 0.15) is 0 Å². The molecule has 1 atom stereocenters. The molecule has 1 fully saturated rings. The minimum absolute atomic E-state index is 0.0464. The smallest absolute Gasteiger partial charge is 0.231 e. The van der Waals surface area contributed by atoms with Crippen molar-refractivity contribution >= 4 is 15.7 Å². The van der Waals surface area contributed by atoms with Crippen molar-refractivity contribution in [2.75, 3.05) is 31.1 Å². The zero-order valence-electron chi connectivity index (χ0n) is 10.7. The van der Waals surface area contributed by atoms with E-state index in [-0.39, 0.29) is 43.0 Å². The molecule has 1 aromatic carbocycles. The van der Waals surface area contributed by atoms with Gasteiger partial charge < -0.3 is 10.6 Å². The summed E-state index contributed by atoms with van der Waals surface area (Å²) in [5.74, 6) is -0.374. The van der Waals surface area contributed by atoms with Crippen LogP contribution in [-0.4, -0.2) is 50.4 Å². The first-order valence-electron chi connectivity index (χ1n) is 6.28. The largest absolute Gasteiger partial charge is 0.340 e. The van der Waals surface area contributed by atoms with Crippen molar-refractivity contribution in [3.8, 4) is 0 Å². The van der Waals surface area contributed by atoms with Gasteiger partial charge in [0, 0.05) is 19.6 Å². The van der Waals surface area contributed by atoms with Crippen LogP contribution < -0.4 is 5.73 Å². The molecule has 0 radical (unpaired) electrons. The number of carbonyl (C=O) groups is 1. The summed E-state index contributed by atoms with van der Waals surface area (Å²) in [4.78, 5) is 14.0. The van der Waals surface area contributed by atoms with E-state index < -0.39 is 9.84 Å². The number of hydrogen-bond acceptors (Lipinski definition) is 4. The predicted octanol–water partition coefficient (Wildman–Crippen LogP) is -0.0141. The minimum Gasteiger partial charge on any atom is -0.340 e. The van der Waals surface area contributed by atoms with Crippen LogP contribution in [-0.2, 0) is 14.6 Å². The number of hydrogen-bond donors (Lipinski definition) is 1. The summed E-state index contributed by atoms with van der Waals surface area (Å²) in [6.07, 6.45) is 0. The number of carbonyl (C=O) groups excluding carboxylic acids is 1. The molecule has 1 aromatic rings. The van der Waals surface area contributed by atoms with Gasteiger partial charge in [0.25, 0.3) is 0 Å². The summed E-state index contributed by atoms with van der Waals surface area (Å²) in [6, 6.07) is 9.36. The maximum atomic E-state index is 12.4. The van der Waals surface area contributed by atoms with Crippen molar-refractivity contribution in [3.63, 3.8) is 0 Å². The highest BCUT2D eigenvalue weighted by atomic mass is 32.2. The van der Waals surface area contributed by atoms with E-state index in [1.165, 1.54) is 0 Å². The maximum Gasteiger partial charge on any atom is 0.231 e. The van der Waals surface area contributed by atoms with Crippen LogP contribution in [0.25, 0.3) is 0 Å². The first-order valence-corrected chi connectivity index (χ1v) is 8.10. The predicted molar refractivity (Wildman–Crippen MR) is 73.5 cm³/mol. The van der Waals surface area contributed by atoms with Crippen molar-refractivity contribution in [2.24, 2.45) is 5.73 Å². The molecule has 0 unspecified atom stereocenters. The van der Waals surface area contributed by atoms with Crippen LogP contribution in [0.2, 0.25) is 0 Å². The normalized spacial score (nSPS) is 19.9. The zero-order valence-corrected chi connectivity index (χ0v) is 11.5. The Labute approximate surface area is 113 Å². The molecule has 1 aliphatic rings. The van der Waals surface area contributed by atoms with Crippen molar-refractivity contribution in [1.82, 2.24) is 4.90 Å². The summed E-state index contributed by atoms with van der Waals surface area (Å²) in [5.41, 5.74) is 6.58. The van der Waals surface area contributed by atoms with Gasteiger partial charge in [-0.2, -0.15) is 0 Å². The quantitative estimate of drug-likeness (QED) is 0.845. The van der Waals surface area contributed by atoms with Crippen molar-refractivity contribution in [3.05, 3.63) is 35.9 Å². The molecular formula is C13H18N2O3S. The Morgan fingerprint density at radius 3 is 2.32 bits per heavy atom. The van der Waals surface area contributed by atoms with Crippen LogP contribution in [0.4, 0.5) is 0 Å². The van der Waals surface area contributed by atoms with Gasteiger partial charge in [0.15, 0.2) is 9.84 Å². The van der Waals surface area contributed by atoms with E-state index >= 15 is 0 Å². The lowest BCUT2D eigenvalue weighted by atomic mass is 9.98. The molecule has 5 nitrogen and oxygen atoms in total. The van der Waals surface area contributed by atoms with Crippen LogP contribution in [0.5, 0.6) is 0 Å². The number of benzene rings is 1. The van der Waals surface area contributed by atoms with Gasteiger partial charge >= 0.3 is 0 Å². The minimum atomic E-state index is -2.97. The summed E-state index contributed by atoms with van der Waals surface area (Å²) >= 11 is 0. The Hall–Kier alpha value is -1.40. The number of sulfone groups is 1. The number of nitrogens with two attached hydrogens (primary N) is 1. The maximum absolute atomic E-state index is 12.4. The van der Waals surface area contributed by atoms with Crippen molar-refractivity contribution < 1.29 is 13.2 Å². The molecule has 6 heteroatoms. The number of amides is 1. The van der Waals surface area contributed by atoms with Gasteiger partial charge in [-0.15, -0.1) is 0 Å². The fourth-order valence-electron chi connectivity index (χ4n) is 2.22. The summed E-state index contributed by atoms with van der Waals surface area (Å²) in [7, 11) is -2.97. The summed E-state index contributed by atoms with van der Waals surface area (Å²) < 4.78 is 22.7.